The number of aromatic nitrogens is 2. The molecule has 1 heterocycles. The summed E-state index contributed by atoms with van der Waals surface area (Å²) < 4.78 is 44.5. The first kappa shape index (κ1) is 13.3. The molecule has 0 bridgehead atoms. The van der Waals surface area contributed by atoms with Crippen molar-refractivity contribution in [2.45, 2.75) is 11.9 Å². The van der Waals surface area contributed by atoms with E-state index in [-0.39, 0.29) is 5.03 Å². The van der Waals surface area contributed by atoms with Gasteiger partial charge in [0.1, 0.15) is 5.82 Å². The van der Waals surface area contributed by atoms with E-state index < -0.39 is 30.4 Å². The molecular weight excluding hydrogens is 276 g/mol. The molecule has 0 aliphatic carbocycles. The molecule has 0 N–H and O–H groups in total. The van der Waals surface area contributed by atoms with Gasteiger partial charge in [-0.25, -0.2) is 26.8 Å². The highest BCUT2D eigenvalue weighted by Gasteiger charge is 2.19. The summed E-state index contributed by atoms with van der Waals surface area (Å²) in [6, 6.07) is 1.21. The zero-order valence-electron chi connectivity index (χ0n) is 8.29. The summed E-state index contributed by atoms with van der Waals surface area (Å²) in [6.45, 7) is 1.54. The first-order chi connectivity index (χ1) is 7.21. The van der Waals surface area contributed by atoms with E-state index in [9.17, 15) is 16.8 Å². The van der Waals surface area contributed by atoms with Gasteiger partial charge in [0.05, 0.1) is 11.5 Å². The minimum Gasteiger partial charge on any atom is -0.242 e. The number of rotatable bonds is 4. The second-order valence-electron chi connectivity index (χ2n) is 3.00. The Bertz CT molecular complexity index is 582. The average Bonchev–Trinajstić information content (AvgIpc) is 2.14. The Kier molecular flexibility index (Phi) is 3.87. The van der Waals surface area contributed by atoms with Gasteiger partial charge >= 0.3 is 0 Å². The predicted octanol–water partition coefficient (Wildman–Crippen LogP) is 0.127. The summed E-state index contributed by atoms with van der Waals surface area (Å²) in [5.74, 6) is -0.926. The molecule has 1 aromatic rings. The molecule has 16 heavy (non-hydrogen) atoms. The van der Waals surface area contributed by atoms with E-state index >= 15 is 0 Å². The van der Waals surface area contributed by atoms with Gasteiger partial charge in [-0.2, -0.15) is 0 Å². The van der Waals surface area contributed by atoms with Crippen LogP contribution in [0.1, 0.15) is 5.82 Å². The first-order valence-corrected chi connectivity index (χ1v) is 8.28. The van der Waals surface area contributed by atoms with Crippen molar-refractivity contribution in [3.63, 3.8) is 0 Å². The van der Waals surface area contributed by atoms with Crippen molar-refractivity contribution in [3.8, 4) is 0 Å². The third-order valence-electron chi connectivity index (χ3n) is 1.67. The maximum Gasteiger partial charge on any atom is 0.233 e. The van der Waals surface area contributed by atoms with Crippen LogP contribution in [0.15, 0.2) is 17.3 Å². The number of hydrogen-bond donors (Lipinski definition) is 0. The summed E-state index contributed by atoms with van der Waals surface area (Å²) in [4.78, 5) is 7.45. The quantitative estimate of drug-likeness (QED) is 0.576. The molecule has 0 atom stereocenters. The van der Waals surface area contributed by atoms with Gasteiger partial charge in [0.25, 0.3) is 0 Å². The summed E-state index contributed by atoms with van der Waals surface area (Å²) in [6.07, 6.45) is 1.30. The number of nitrogens with zero attached hydrogens (tertiary/aromatic N) is 2. The monoisotopic (exact) mass is 284 g/mol. The normalized spacial score (nSPS) is 12.6. The fourth-order valence-electron chi connectivity index (χ4n) is 0.922. The Morgan fingerprint density at radius 3 is 2.38 bits per heavy atom. The average molecular weight is 285 g/mol. The smallest absolute Gasteiger partial charge is 0.233 e. The Hall–Kier alpha value is -0.730. The van der Waals surface area contributed by atoms with E-state index in [4.69, 9.17) is 10.7 Å². The molecule has 1 rings (SSSR count). The first-order valence-electron chi connectivity index (χ1n) is 4.15. The van der Waals surface area contributed by atoms with Crippen molar-refractivity contribution >= 4 is 29.6 Å². The van der Waals surface area contributed by atoms with Gasteiger partial charge < -0.3 is 0 Å². The lowest BCUT2D eigenvalue weighted by Crippen LogP contribution is -2.15. The number of sulfone groups is 1. The minimum absolute atomic E-state index is 0.194. The molecule has 9 heteroatoms. The van der Waals surface area contributed by atoms with Gasteiger partial charge in [-0.1, -0.05) is 0 Å². The number of hydrogen-bond acceptors (Lipinski definition) is 6. The van der Waals surface area contributed by atoms with Gasteiger partial charge in [0.15, 0.2) is 14.9 Å². The predicted molar refractivity (Wildman–Crippen MR) is 58.5 cm³/mol. The van der Waals surface area contributed by atoms with Crippen molar-refractivity contribution in [1.29, 1.82) is 0 Å². The molecule has 6 nitrogen and oxygen atoms in total. The van der Waals surface area contributed by atoms with Crippen molar-refractivity contribution in [2.75, 3.05) is 11.5 Å². The fourth-order valence-corrected chi connectivity index (χ4v) is 3.91. The molecule has 0 aromatic carbocycles. The molecule has 0 aliphatic heterocycles. The Balaban J connectivity index is 2.95. The second-order valence-corrected chi connectivity index (χ2v) is 7.96. The van der Waals surface area contributed by atoms with Crippen LogP contribution < -0.4 is 0 Å². The van der Waals surface area contributed by atoms with Gasteiger partial charge in [0.2, 0.25) is 9.05 Å². The van der Waals surface area contributed by atoms with Crippen molar-refractivity contribution < 1.29 is 16.8 Å². The van der Waals surface area contributed by atoms with E-state index in [1.165, 1.54) is 19.2 Å². The summed E-state index contributed by atoms with van der Waals surface area (Å²) in [5.41, 5.74) is 0. The maximum atomic E-state index is 11.6. The van der Waals surface area contributed by atoms with Crippen LogP contribution in [0.3, 0.4) is 0 Å². The Morgan fingerprint density at radius 2 is 1.88 bits per heavy atom. The van der Waals surface area contributed by atoms with Crippen LogP contribution in [0.2, 0.25) is 0 Å². The lowest BCUT2D eigenvalue weighted by atomic mass is 10.6. The minimum atomic E-state index is -3.83. The molecule has 0 fully saturated rings. The van der Waals surface area contributed by atoms with Crippen molar-refractivity contribution in [1.82, 2.24) is 9.97 Å². The summed E-state index contributed by atoms with van der Waals surface area (Å²) >= 11 is 0. The molecule has 0 radical (unpaired) electrons. The van der Waals surface area contributed by atoms with Crippen LogP contribution in [0.4, 0.5) is 0 Å². The van der Waals surface area contributed by atoms with Crippen LogP contribution in [0, 0.1) is 6.92 Å². The number of aryl methyl sites for hydroxylation is 1. The molecule has 0 saturated carbocycles. The molecular formula is C7H9ClN2O4S2. The van der Waals surface area contributed by atoms with Gasteiger partial charge in [0, 0.05) is 16.9 Å². The third kappa shape index (κ3) is 4.03. The summed E-state index contributed by atoms with van der Waals surface area (Å²) in [7, 11) is -2.62. The summed E-state index contributed by atoms with van der Waals surface area (Å²) in [5, 5.41) is -0.194. The largest absolute Gasteiger partial charge is 0.242 e. The molecule has 0 spiro atoms. The second kappa shape index (κ2) is 4.64. The van der Waals surface area contributed by atoms with E-state index in [1.54, 1.807) is 0 Å². The zero-order valence-corrected chi connectivity index (χ0v) is 10.7. The van der Waals surface area contributed by atoms with Crippen molar-refractivity contribution in [2.24, 2.45) is 0 Å². The van der Waals surface area contributed by atoms with Crippen LogP contribution in [-0.4, -0.2) is 38.3 Å². The molecule has 0 saturated heterocycles. The highest BCUT2D eigenvalue weighted by Crippen LogP contribution is 2.09. The van der Waals surface area contributed by atoms with E-state index in [2.05, 4.69) is 9.97 Å². The zero-order chi connectivity index (χ0) is 12.4. The molecule has 90 valence electrons. The van der Waals surface area contributed by atoms with Gasteiger partial charge in [-0.05, 0) is 13.0 Å². The Morgan fingerprint density at radius 1 is 1.25 bits per heavy atom. The SMILES string of the molecule is Cc1nccc(S(=O)(=O)CCS(=O)(=O)Cl)n1. The maximum absolute atomic E-state index is 11.6. The standard InChI is InChI=1S/C7H9ClN2O4S2/c1-6-9-3-2-7(10-6)15(11,12)4-5-16(8,13)14/h2-3H,4-5H2,1H3. The molecule has 1 aromatic heterocycles. The van der Waals surface area contributed by atoms with E-state index in [0.29, 0.717) is 5.82 Å². The fraction of sp³-hybridized carbons (Fsp3) is 0.429. The Labute approximate surface area is 98.0 Å². The third-order valence-corrected chi connectivity index (χ3v) is 4.68. The van der Waals surface area contributed by atoms with Crippen LogP contribution in [0.25, 0.3) is 0 Å². The van der Waals surface area contributed by atoms with Crippen LogP contribution >= 0.6 is 10.7 Å². The molecule has 0 amide bonds. The number of halogens is 1. The highest BCUT2D eigenvalue weighted by atomic mass is 35.7. The van der Waals surface area contributed by atoms with Crippen LogP contribution in [-0.2, 0) is 18.9 Å². The van der Waals surface area contributed by atoms with Crippen LogP contribution in [0.5, 0.6) is 0 Å². The van der Waals surface area contributed by atoms with Crippen molar-refractivity contribution in [3.05, 3.63) is 18.1 Å². The van der Waals surface area contributed by atoms with Gasteiger partial charge in [-0.3, -0.25) is 0 Å². The topological polar surface area (TPSA) is 94.1 Å². The van der Waals surface area contributed by atoms with E-state index in [0.717, 1.165) is 0 Å². The lowest BCUT2D eigenvalue weighted by molar-refractivity contribution is 0.589. The molecule has 0 unspecified atom stereocenters. The van der Waals surface area contributed by atoms with Gasteiger partial charge in [-0.15, -0.1) is 0 Å². The lowest BCUT2D eigenvalue weighted by Gasteiger charge is -2.02. The highest BCUT2D eigenvalue weighted by molar-refractivity contribution is 8.14. The van der Waals surface area contributed by atoms with E-state index in [1.807, 2.05) is 0 Å². The molecule has 0 aliphatic rings.